The molecule has 0 amide bonds. The summed E-state index contributed by atoms with van der Waals surface area (Å²) in [6, 6.07) is 5.07. The quantitative estimate of drug-likeness (QED) is 0.862. The summed E-state index contributed by atoms with van der Waals surface area (Å²) in [6.45, 7) is 1.41. The highest BCUT2D eigenvalue weighted by atomic mass is 19.1. The van der Waals surface area contributed by atoms with Gasteiger partial charge in [0, 0.05) is 12.6 Å². The molecule has 1 aliphatic carbocycles. The van der Waals surface area contributed by atoms with E-state index in [1.54, 1.807) is 6.07 Å². The van der Waals surface area contributed by atoms with E-state index in [9.17, 15) is 4.39 Å². The first kappa shape index (κ1) is 13.3. The molecule has 0 aliphatic heterocycles. The summed E-state index contributed by atoms with van der Waals surface area (Å²) in [7, 11) is 2.06. The van der Waals surface area contributed by atoms with Crippen molar-refractivity contribution in [2.24, 2.45) is 11.7 Å². The summed E-state index contributed by atoms with van der Waals surface area (Å²) >= 11 is 0. The third kappa shape index (κ3) is 2.82. The minimum atomic E-state index is -0.553. The second-order valence-corrected chi connectivity index (χ2v) is 5.19. The summed E-state index contributed by atoms with van der Waals surface area (Å²) in [6.07, 6.45) is 3.58. The van der Waals surface area contributed by atoms with Crippen molar-refractivity contribution in [1.82, 2.24) is 4.90 Å². The molecule has 1 saturated carbocycles. The maximum atomic E-state index is 13.3. The van der Waals surface area contributed by atoms with Gasteiger partial charge in [-0.1, -0.05) is 12.5 Å². The van der Waals surface area contributed by atoms with Crippen LogP contribution in [0.3, 0.4) is 0 Å². The molecular formula is C14H21FN2O. The fourth-order valence-electron chi connectivity index (χ4n) is 2.93. The molecule has 4 heteroatoms. The van der Waals surface area contributed by atoms with Crippen molar-refractivity contribution in [3.05, 3.63) is 29.6 Å². The Kier molecular flexibility index (Phi) is 4.19. The molecule has 100 valence electrons. The largest absolute Gasteiger partial charge is 0.505 e. The monoisotopic (exact) mass is 252 g/mol. The van der Waals surface area contributed by atoms with Crippen molar-refractivity contribution in [3.63, 3.8) is 0 Å². The summed E-state index contributed by atoms with van der Waals surface area (Å²) in [4.78, 5) is 2.25. The predicted molar refractivity (Wildman–Crippen MR) is 69.7 cm³/mol. The summed E-state index contributed by atoms with van der Waals surface area (Å²) < 4.78 is 13.3. The lowest BCUT2D eigenvalue weighted by Crippen LogP contribution is -2.37. The molecule has 0 spiro atoms. The Hall–Kier alpha value is -1.13. The molecule has 18 heavy (non-hydrogen) atoms. The number of hydrogen-bond acceptors (Lipinski definition) is 3. The molecular weight excluding hydrogens is 231 g/mol. The lowest BCUT2D eigenvalue weighted by atomic mass is 10.0. The van der Waals surface area contributed by atoms with E-state index in [1.807, 2.05) is 0 Å². The van der Waals surface area contributed by atoms with Crippen LogP contribution in [0.1, 0.15) is 24.8 Å². The summed E-state index contributed by atoms with van der Waals surface area (Å²) in [5, 5.41) is 9.16. The second-order valence-electron chi connectivity index (χ2n) is 5.19. The fourth-order valence-corrected chi connectivity index (χ4v) is 2.93. The Morgan fingerprint density at radius 1 is 1.44 bits per heavy atom. The fraction of sp³-hybridized carbons (Fsp3) is 0.571. The first-order chi connectivity index (χ1) is 8.61. The van der Waals surface area contributed by atoms with Crippen LogP contribution in [0.15, 0.2) is 18.2 Å². The lowest BCUT2D eigenvalue weighted by molar-refractivity contribution is 0.192. The predicted octanol–water partition coefficient (Wildman–Crippen LogP) is 2.09. The maximum Gasteiger partial charge on any atom is 0.165 e. The van der Waals surface area contributed by atoms with Crippen LogP contribution in [-0.4, -0.2) is 29.6 Å². The van der Waals surface area contributed by atoms with Crippen LogP contribution >= 0.6 is 0 Å². The zero-order valence-electron chi connectivity index (χ0n) is 10.8. The smallest absolute Gasteiger partial charge is 0.165 e. The van der Waals surface area contributed by atoms with Crippen LogP contribution in [0.5, 0.6) is 5.75 Å². The molecule has 0 heterocycles. The SMILES string of the molecule is CN(Cc1ccc(O)c(F)c1)C1CCCC1CN. The van der Waals surface area contributed by atoms with Gasteiger partial charge in [-0.25, -0.2) is 4.39 Å². The molecule has 0 bridgehead atoms. The van der Waals surface area contributed by atoms with Crippen molar-refractivity contribution in [2.45, 2.75) is 31.8 Å². The van der Waals surface area contributed by atoms with Gasteiger partial charge in [0.1, 0.15) is 0 Å². The number of rotatable bonds is 4. The second kappa shape index (κ2) is 5.67. The maximum absolute atomic E-state index is 13.3. The number of phenolic OH excluding ortho intramolecular Hbond substituents is 1. The van der Waals surface area contributed by atoms with Crippen molar-refractivity contribution in [2.75, 3.05) is 13.6 Å². The van der Waals surface area contributed by atoms with Gasteiger partial charge in [-0.05, 0) is 50.0 Å². The van der Waals surface area contributed by atoms with E-state index in [0.717, 1.165) is 12.1 Å². The molecule has 1 aromatic rings. The molecule has 2 atom stereocenters. The van der Waals surface area contributed by atoms with E-state index >= 15 is 0 Å². The van der Waals surface area contributed by atoms with Gasteiger partial charge in [0.2, 0.25) is 0 Å². The number of benzene rings is 1. The van der Waals surface area contributed by atoms with Crippen molar-refractivity contribution in [3.8, 4) is 5.75 Å². The minimum Gasteiger partial charge on any atom is -0.505 e. The highest BCUT2D eigenvalue weighted by molar-refractivity contribution is 5.28. The van der Waals surface area contributed by atoms with Gasteiger partial charge in [0.25, 0.3) is 0 Å². The van der Waals surface area contributed by atoms with E-state index < -0.39 is 5.82 Å². The Morgan fingerprint density at radius 3 is 2.89 bits per heavy atom. The van der Waals surface area contributed by atoms with E-state index in [2.05, 4.69) is 11.9 Å². The van der Waals surface area contributed by atoms with Gasteiger partial charge < -0.3 is 10.8 Å². The molecule has 1 aliphatic rings. The molecule has 2 rings (SSSR count). The number of hydrogen-bond donors (Lipinski definition) is 2. The normalized spacial score (nSPS) is 23.8. The first-order valence-electron chi connectivity index (χ1n) is 6.49. The van der Waals surface area contributed by atoms with Crippen LogP contribution in [-0.2, 0) is 6.54 Å². The minimum absolute atomic E-state index is 0.290. The Labute approximate surface area is 107 Å². The molecule has 0 saturated heterocycles. The van der Waals surface area contributed by atoms with Gasteiger partial charge in [-0.2, -0.15) is 0 Å². The number of nitrogens with two attached hydrogens (primary N) is 1. The lowest BCUT2D eigenvalue weighted by Gasteiger charge is -2.29. The Morgan fingerprint density at radius 2 is 2.22 bits per heavy atom. The van der Waals surface area contributed by atoms with Gasteiger partial charge in [0.05, 0.1) is 0 Å². The van der Waals surface area contributed by atoms with Gasteiger partial charge in [-0.15, -0.1) is 0 Å². The average Bonchev–Trinajstić information content (AvgIpc) is 2.82. The standard InChI is InChI=1S/C14H21FN2O/c1-17(13-4-2-3-11(13)8-16)9-10-5-6-14(18)12(15)7-10/h5-7,11,13,18H,2-4,8-9,16H2,1H3. The molecule has 3 nitrogen and oxygen atoms in total. The number of halogens is 1. The number of nitrogens with zero attached hydrogens (tertiary/aromatic N) is 1. The van der Waals surface area contributed by atoms with Gasteiger partial charge in [-0.3, -0.25) is 4.90 Å². The van der Waals surface area contributed by atoms with E-state index in [-0.39, 0.29) is 5.75 Å². The number of aromatic hydroxyl groups is 1. The van der Waals surface area contributed by atoms with E-state index in [0.29, 0.717) is 18.5 Å². The van der Waals surface area contributed by atoms with Gasteiger partial charge in [0.15, 0.2) is 11.6 Å². The van der Waals surface area contributed by atoms with Crippen LogP contribution in [0.4, 0.5) is 4.39 Å². The highest BCUT2D eigenvalue weighted by Crippen LogP contribution is 2.29. The Bertz CT molecular complexity index is 411. The molecule has 0 radical (unpaired) electrons. The first-order valence-corrected chi connectivity index (χ1v) is 6.49. The van der Waals surface area contributed by atoms with Crippen LogP contribution in [0.2, 0.25) is 0 Å². The third-order valence-corrected chi connectivity index (χ3v) is 3.93. The number of phenols is 1. The summed E-state index contributed by atoms with van der Waals surface area (Å²) in [5.74, 6) is -0.290. The van der Waals surface area contributed by atoms with Crippen molar-refractivity contribution < 1.29 is 9.50 Å². The van der Waals surface area contributed by atoms with E-state index in [1.165, 1.54) is 31.4 Å². The molecule has 1 aromatic carbocycles. The van der Waals surface area contributed by atoms with Crippen molar-refractivity contribution >= 4 is 0 Å². The summed E-state index contributed by atoms with van der Waals surface area (Å²) in [5.41, 5.74) is 6.66. The molecule has 1 fully saturated rings. The van der Waals surface area contributed by atoms with Gasteiger partial charge >= 0.3 is 0 Å². The zero-order valence-corrected chi connectivity index (χ0v) is 10.8. The average molecular weight is 252 g/mol. The molecule has 2 unspecified atom stereocenters. The molecule has 0 aromatic heterocycles. The highest BCUT2D eigenvalue weighted by Gasteiger charge is 2.29. The topological polar surface area (TPSA) is 49.5 Å². The van der Waals surface area contributed by atoms with Crippen LogP contribution in [0.25, 0.3) is 0 Å². The third-order valence-electron chi connectivity index (χ3n) is 3.93. The van der Waals surface area contributed by atoms with E-state index in [4.69, 9.17) is 10.8 Å². The Balaban J connectivity index is 2.02. The van der Waals surface area contributed by atoms with Crippen LogP contribution in [0, 0.1) is 11.7 Å². The van der Waals surface area contributed by atoms with Crippen molar-refractivity contribution in [1.29, 1.82) is 0 Å². The zero-order chi connectivity index (χ0) is 13.1. The van der Waals surface area contributed by atoms with Crippen LogP contribution < -0.4 is 5.73 Å². The molecule has 3 N–H and O–H groups in total.